The monoisotopic (exact) mass is 244 g/mol. The van der Waals surface area contributed by atoms with Crippen LogP contribution in [0.3, 0.4) is 0 Å². The minimum absolute atomic E-state index is 0.139. The quantitative estimate of drug-likeness (QED) is 0.898. The molecule has 0 amide bonds. The van der Waals surface area contributed by atoms with Crippen LogP contribution in [0.25, 0.3) is 0 Å². The van der Waals surface area contributed by atoms with Crippen molar-refractivity contribution in [2.75, 3.05) is 0 Å². The Morgan fingerprint density at radius 3 is 2.67 bits per heavy atom. The number of H-pyrrole nitrogens is 1. The van der Waals surface area contributed by atoms with E-state index in [9.17, 15) is 4.79 Å². The highest BCUT2D eigenvalue weighted by molar-refractivity contribution is 5.21. The number of para-hydroxylation sites is 1. The van der Waals surface area contributed by atoms with Crippen LogP contribution in [0.1, 0.15) is 31.3 Å². The molecule has 1 aromatic carbocycles. The molecule has 1 aromatic heterocycles. The van der Waals surface area contributed by atoms with E-state index in [1.807, 2.05) is 44.2 Å². The van der Waals surface area contributed by atoms with Gasteiger partial charge in [0.25, 0.3) is 5.56 Å². The van der Waals surface area contributed by atoms with Crippen LogP contribution in [0.15, 0.2) is 41.2 Å². The fraction of sp³-hybridized carbons (Fsp3) is 0.286. The van der Waals surface area contributed by atoms with Crippen LogP contribution in [0.2, 0.25) is 0 Å². The number of aromatic nitrogens is 2. The van der Waals surface area contributed by atoms with Crippen LogP contribution in [0.5, 0.6) is 5.75 Å². The first kappa shape index (κ1) is 12.4. The van der Waals surface area contributed by atoms with Crippen LogP contribution < -0.4 is 10.3 Å². The van der Waals surface area contributed by atoms with Gasteiger partial charge >= 0.3 is 0 Å². The fourth-order valence-corrected chi connectivity index (χ4v) is 1.56. The Kier molecular flexibility index (Phi) is 3.77. The van der Waals surface area contributed by atoms with Crippen molar-refractivity contribution in [3.63, 3.8) is 0 Å². The molecule has 0 bridgehead atoms. The predicted molar refractivity (Wildman–Crippen MR) is 69.7 cm³/mol. The summed E-state index contributed by atoms with van der Waals surface area (Å²) in [6.45, 7) is 4.27. The molecule has 0 aliphatic heterocycles. The lowest BCUT2D eigenvalue weighted by Crippen LogP contribution is -2.15. The van der Waals surface area contributed by atoms with E-state index in [0.717, 1.165) is 11.4 Å². The first-order valence-corrected chi connectivity index (χ1v) is 5.93. The van der Waals surface area contributed by atoms with Crippen molar-refractivity contribution in [2.45, 2.75) is 26.4 Å². The number of aromatic amines is 1. The fourth-order valence-electron chi connectivity index (χ4n) is 1.56. The molecule has 1 heterocycles. The van der Waals surface area contributed by atoms with E-state index in [1.54, 1.807) is 0 Å². The zero-order valence-corrected chi connectivity index (χ0v) is 10.5. The Morgan fingerprint density at radius 2 is 2.00 bits per heavy atom. The number of nitrogens with one attached hydrogen (secondary N) is 1. The largest absolute Gasteiger partial charge is 0.486 e. The zero-order valence-electron chi connectivity index (χ0n) is 10.5. The van der Waals surface area contributed by atoms with E-state index in [-0.39, 0.29) is 18.1 Å². The molecule has 94 valence electrons. The lowest BCUT2D eigenvalue weighted by Gasteiger charge is -2.08. The Labute approximate surface area is 106 Å². The van der Waals surface area contributed by atoms with Gasteiger partial charge in [0.15, 0.2) is 0 Å². The third kappa shape index (κ3) is 3.20. The molecule has 0 saturated carbocycles. The first-order chi connectivity index (χ1) is 8.65. The summed E-state index contributed by atoms with van der Waals surface area (Å²) in [6.07, 6.45) is 0. The number of benzene rings is 1. The van der Waals surface area contributed by atoms with E-state index in [4.69, 9.17) is 4.74 Å². The summed E-state index contributed by atoms with van der Waals surface area (Å²) in [4.78, 5) is 18.5. The average molecular weight is 244 g/mol. The van der Waals surface area contributed by atoms with Crippen molar-refractivity contribution < 1.29 is 4.74 Å². The van der Waals surface area contributed by atoms with Crippen LogP contribution in [-0.2, 0) is 6.61 Å². The van der Waals surface area contributed by atoms with Crippen molar-refractivity contribution >= 4 is 0 Å². The van der Waals surface area contributed by atoms with Gasteiger partial charge in [-0.3, -0.25) is 4.79 Å². The number of ether oxygens (including phenoxy) is 1. The van der Waals surface area contributed by atoms with Crippen molar-refractivity contribution in [2.24, 2.45) is 0 Å². The summed E-state index contributed by atoms with van der Waals surface area (Å²) in [5.41, 5.74) is 0.644. The summed E-state index contributed by atoms with van der Waals surface area (Å²) < 4.78 is 5.55. The maximum absolute atomic E-state index is 11.5. The topological polar surface area (TPSA) is 55.0 Å². The van der Waals surface area contributed by atoms with Crippen molar-refractivity contribution in [3.05, 3.63) is 58.3 Å². The van der Waals surface area contributed by atoms with Gasteiger partial charge in [-0.15, -0.1) is 0 Å². The van der Waals surface area contributed by atoms with Gasteiger partial charge in [-0.1, -0.05) is 32.0 Å². The van der Waals surface area contributed by atoms with Crippen LogP contribution >= 0.6 is 0 Å². The normalized spacial score (nSPS) is 10.6. The smallest absolute Gasteiger partial charge is 0.251 e. The van der Waals surface area contributed by atoms with Gasteiger partial charge in [-0.05, 0) is 18.1 Å². The summed E-state index contributed by atoms with van der Waals surface area (Å²) in [5, 5.41) is 0. The molecule has 0 aliphatic rings. The van der Waals surface area contributed by atoms with Gasteiger partial charge in [-0.2, -0.15) is 0 Å². The van der Waals surface area contributed by atoms with Gasteiger partial charge in [-0.25, -0.2) is 4.98 Å². The highest BCUT2D eigenvalue weighted by Gasteiger charge is 2.05. The van der Waals surface area contributed by atoms with E-state index in [1.165, 1.54) is 6.07 Å². The zero-order chi connectivity index (χ0) is 13.0. The lowest BCUT2D eigenvalue weighted by molar-refractivity contribution is 0.294. The van der Waals surface area contributed by atoms with E-state index < -0.39 is 0 Å². The molecular formula is C14H16N2O2. The standard InChI is InChI=1S/C14H16N2O2/c1-10(2)12-8-14(17)16-13(15-12)9-18-11-6-4-3-5-7-11/h3-8,10H,9H2,1-2H3,(H,15,16,17). The van der Waals surface area contributed by atoms with Crippen molar-refractivity contribution in [1.29, 1.82) is 0 Å². The molecule has 4 heteroatoms. The Balaban J connectivity index is 2.12. The molecule has 0 saturated heterocycles. The molecule has 2 aromatic rings. The second-order valence-electron chi connectivity index (χ2n) is 4.37. The van der Waals surface area contributed by atoms with E-state index in [2.05, 4.69) is 9.97 Å². The summed E-state index contributed by atoms with van der Waals surface area (Å²) in [6, 6.07) is 11.0. The SMILES string of the molecule is CC(C)c1cc(=O)[nH]c(COc2ccccc2)n1. The Bertz CT molecular complexity index is 562. The second-order valence-corrected chi connectivity index (χ2v) is 4.37. The molecule has 0 spiro atoms. The molecule has 2 rings (SSSR count). The molecule has 0 unspecified atom stereocenters. The predicted octanol–water partition coefficient (Wildman–Crippen LogP) is 2.47. The number of hydrogen-bond donors (Lipinski definition) is 1. The van der Waals surface area contributed by atoms with Crippen molar-refractivity contribution in [3.8, 4) is 5.75 Å². The lowest BCUT2D eigenvalue weighted by atomic mass is 10.1. The van der Waals surface area contributed by atoms with Crippen LogP contribution in [-0.4, -0.2) is 9.97 Å². The number of nitrogens with zero attached hydrogens (tertiary/aromatic N) is 1. The van der Waals surface area contributed by atoms with Crippen LogP contribution in [0, 0.1) is 0 Å². The maximum atomic E-state index is 11.5. The minimum atomic E-state index is -0.139. The molecule has 0 radical (unpaired) electrons. The van der Waals surface area contributed by atoms with Gasteiger partial charge in [0.2, 0.25) is 0 Å². The van der Waals surface area contributed by atoms with Crippen LogP contribution in [0.4, 0.5) is 0 Å². The highest BCUT2D eigenvalue weighted by Crippen LogP contribution is 2.11. The van der Waals surface area contributed by atoms with Gasteiger partial charge in [0.05, 0.1) is 5.69 Å². The highest BCUT2D eigenvalue weighted by atomic mass is 16.5. The van der Waals surface area contributed by atoms with Gasteiger partial charge in [0.1, 0.15) is 18.2 Å². The Hall–Kier alpha value is -2.10. The second kappa shape index (κ2) is 5.49. The number of rotatable bonds is 4. The van der Waals surface area contributed by atoms with Crippen molar-refractivity contribution in [1.82, 2.24) is 9.97 Å². The third-order valence-electron chi connectivity index (χ3n) is 2.52. The minimum Gasteiger partial charge on any atom is -0.486 e. The Morgan fingerprint density at radius 1 is 1.28 bits per heavy atom. The molecule has 4 nitrogen and oxygen atoms in total. The molecule has 0 aliphatic carbocycles. The first-order valence-electron chi connectivity index (χ1n) is 5.93. The van der Waals surface area contributed by atoms with E-state index in [0.29, 0.717) is 5.82 Å². The molecule has 18 heavy (non-hydrogen) atoms. The molecule has 1 N–H and O–H groups in total. The van der Waals surface area contributed by atoms with E-state index >= 15 is 0 Å². The molecular weight excluding hydrogens is 228 g/mol. The number of hydrogen-bond acceptors (Lipinski definition) is 3. The average Bonchev–Trinajstić information content (AvgIpc) is 2.37. The summed E-state index contributed by atoms with van der Waals surface area (Å²) in [5.74, 6) is 1.54. The van der Waals surface area contributed by atoms with Gasteiger partial charge in [0, 0.05) is 6.07 Å². The van der Waals surface area contributed by atoms with Gasteiger partial charge < -0.3 is 9.72 Å². The third-order valence-corrected chi connectivity index (χ3v) is 2.52. The summed E-state index contributed by atoms with van der Waals surface area (Å²) >= 11 is 0. The molecule has 0 fully saturated rings. The molecule has 0 atom stereocenters. The maximum Gasteiger partial charge on any atom is 0.251 e. The summed E-state index contributed by atoms with van der Waals surface area (Å²) in [7, 11) is 0.